The minimum atomic E-state index is -4.84. The zero-order valence-electron chi connectivity index (χ0n) is 20.2. The van der Waals surface area contributed by atoms with E-state index in [1.54, 1.807) is 59.5 Å². The van der Waals surface area contributed by atoms with Crippen molar-refractivity contribution >= 4 is 17.3 Å². The highest BCUT2D eigenvalue weighted by atomic mass is 19.4. The number of methoxy groups -OCH3 is 1. The summed E-state index contributed by atoms with van der Waals surface area (Å²) in [5.74, 6) is -0.947. The number of ether oxygens (including phenoxy) is 2. The maximum atomic E-state index is 13.3. The summed E-state index contributed by atoms with van der Waals surface area (Å²) in [6.07, 6.45) is -10.3. The molecule has 5 nitrogen and oxygen atoms in total. The zero-order chi connectivity index (χ0) is 27.5. The summed E-state index contributed by atoms with van der Waals surface area (Å²) in [7, 11) is 1.24. The molecule has 11 heteroatoms. The van der Waals surface area contributed by atoms with Crippen molar-refractivity contribution in [2.24, 2.45) is 0 Å². The molecule has 0 radical (unpaired) electrons. The van der Waals surface area contributed by atoms with Crippen LogP contribution >= 0.6 is 0 Å². The van der Waals surface area contributed by atoms with Gasteiger partial charge in [-0.3, -0.25) is 0 Å². The van der Waals surface area contributed by atoms with Gasteiger partial charge >= 0.3 is 18.5 Å². The number of rotatable bonds is 7. The van der Waals surface area contributed by atoms with E-state index in [0.717, 1.165) is 0 Å². The summed E-state index contributed by atoms with van der Waals surface area (Å²) in [6.45, 7) is 0.0621. The van der Waals surface area contributed by atoms with E-state index in [0.29, 0.717) is 22.5 Å². The lowest BCUT2D eigenvalue weighted by Gasteiger charge is -2.45. The van der Waals surface area contributed by atoms with E-state index in [2.05, 4.69) is 4.74 Å². The van der Waals surface area contributed by atoms with Gasteiger partial charge in [0, 0.05) is 19.6 Å². The van der Waals surface area contributed by atoms with E-state index in [4.69, 9.17) is 4.74 Å². The van der Waals surface area contributed by atoms with Crippen molar-refractivity contribution in [3.05, 3.63) is 89.5 Å². The molecular formula is C27H24F6N2O3. The van der Waals surface area contributed by atoms with Gasteiger partial charge in [-0.15, -0.1) is 13.2 Å². The number of nitrogens with zero attached hydrogens (tertiary/aromatic N) is 2. The summed E-state index contributed by atoms with van der Waals surface area (Å²) in [4.78, 5) is 15.7. The smallest absolute Gasteiger partial charge is 0.465 e. The molecule has 3 aromatic carbocycles. The Morgan fingerprint density at radius 2 is 1.63 bits per heavy atom. The van der Waals surface area contributed by atoms with Crippen molar-refractivity contribution in [3.8, 4) is 5.75 Å². The Kier molecular flexibility index (Phi) is 7.75. The van der Waals surface area contributed by atoms with E-state index in [-0.39, 0.29) is 30.9 Å². The first kappa shape index (κ1) is 27.2. The number of benzene rings is 3. The first-order valence-electron chi connectivity index (χ1n) is 11.6. The molecule has 1 aliphatic heterocycles. The van der Waals surface area contributed by atoms with E-state index in [1.165, 1.54) is 25.3 Å². The normalized spacial score (nSPS) is 15.7. The number of anilines is 2. The third-order valence-corrected chi connectivity index (χ3v) is 6.14. The molecule has 0 N–H and O–H groups in total. The van der Waals surface area contributed by atoms with Crippen LogP contribution in [0.4, 0.5) is 37.7 Å². The van der Waals surface area contributed by atoms with Crippen molar-refractivity contribution in [3.63, 3.8) is 0 Å². The van der Waals surface area contributed by atoms with Gasteiger partial charge in [0.15, 0.2) is 0 Å². The molecule has 1 heterocycles. The maximum Gasteiger partial charge on any atom is 0.573 e. The predicted molar refractivity (Wildman–Crippen MR) is 129 cm³/mol. The fraction of sp³-hybridized carbons (Fsp3) is 0.296. The summed E-state index contributed by atoms with van der Waals surface area (Å²) < 4.78 is 86.8. The monoisotopic (exact) mass is 538 g/mol. The molecule has 4 rings (SSSR count). The highest BCUT2D eigenvalue weighted by Crippen LogP contribution is 2.42. The lowest BCUT2D eigenvalue weighted by Crippen LogP contribution is -2.44. The highest BCUT2D eigenvalue weighted by Gasteiger charge is 2.36. The van der Waals surface area contributed by atoms with E-state index in [9.17, 15) is 31.1 Å². The van der Waals surface area contributed by atoms with Gasteiger partial charge in [0.2, 0.25) is 0 Å². The molecule has 0 saturated carbocycles. The second-order valence-corrected chi connectivity index (χ2v) is 8.76. The number of hydrogen-bond donors (Lipinski definition) is 0. The van der Waals surface area contributed by atoms with Crippen LogP contribution in [-0.4, -0.2) is 38.7 Å². The summed E-state index contributed by atoms with van der Waals surface area (Å²) >= 11 is 0. The molecule has 0 aromatic heterocycles. The van der Waals surface area contributed by atoms with Crippen molar-refractivity contribution in [2.75, 3.05) is 30.0 Å². The Hall–Kier alpha value is -3.89. The van der Waals surface area contributed by atoms with Gasteiger partial charge in [0.1, 0.15) is 5.75 Å². The van der Waals surface area contributed by atoms with Crippen LogP contribution in [0.5, 0.6) is 5.75 Å². The quantitative estimate of drug-likeness (QED) is 0.242. The molecule has 38 heavy (non-hydrogen) atoms. The number of carbonyl (C=O) groups excluding carboxylic acids is 1. The largest absolute Gasteiger partial charge is 0.573 e. The van der Waals surface area contributed by atoms with E-state index in [1.807, 2.05) is 4.90 Å². The predicted octanol–water partition coefficient (Wildman–Crippen LogP) is 6.89. The van der Waals surface area contributed by atoms with Crippen LogP contribution < -0.4 is 14.5 Å². The van der Waals surface area contributed by atoms with Crippen molar-refractivity contribution in [1.29, 1.82) is 0 Å². The second kappa shape index (κ2) is 10.8. The molecule has 1 aliphatic rings. The first-order chi connectivity index (χ1) is 17.9. The zero-order valence-corrected chi connectivity index (χ0v) is 20.2. The molecule has 0 aliphatic carbocycles. The number of fused-ring (bicyclic) bond motifs is 1. The molecule has 0 fully saturated rings. The molecule has 202 valence electrons. The Morgan fingerprint density at radius 3 is 2.32 bits per heavy atom. The van der Waals surface area contributed by atoms with Gasteiger partial charge in [-0.1, -0.05) is 36.4 Å². The van der Waals surface area contributed by atoms with E-state index >= 15 is 0 Å². The number of para-hydroxylation sites is 2. The van der Waals surface area contributed by atoms with Crippen molar-refractivity contribution in [2.45, 2.75) is 31.5 Å². The summed E-state index contributed by atoms with van der Waals surface area (Å²) in [5.41, 5.74) is 2.55. The lowest BCUT2D eigenvalue weighted by atomic mass is 9.97. The molecule has 0 amide bonds. The average molecular weight is 538 g/mol. The molecule has 0 unspecified atom stereocenters. The minimum Gasteiger partial charge on any atom is -0.465 e. The first-order valence-corrected chi connectivity index (χ1v) is 11.6. The number of esters is 1. The van der Waals surface area contributed by atoms with Gasteiger partial charge in [-0.25, -0.2) is 4.79 Å². The van der Waals surface area contributed by atoms with Crippen LogP contribution in [0.3, 0.4) is 0 Å². The number of carbonyl (C=O) groups is 1. The highest BCUT2D eigenvalue weighted by molar-refractivity contribution is 5.89. The van der Waals surface area contributed by atoms with Crippen LogP contribution in [-0.2, 0) is 11.3 Å². The number of hydrogen-bond acceptors (Lipinski definition) is 5. The Bertz CT molecular complexity index is 1280. The SMILES string of the molecule is COC(=O)c1cccc([C@@H]2CN(Cc3cccc(OC(F)(F)F)c3)c3ccccc3N2CCC(F)(F)F)c1. The summed E-state index contributed by atoms with van der Waals surface area (Å²) in [5, 5.41) is 0. The molecule has 0 saturated heterocycles. The fourth-order valence-electron chi connectivity index (χ4n) is 4.56. The Balaban J connectivity index is 1.73. The number of halogens is 6. The third kappa shape index (κ3) is 6.70. The topological polar surface area (TPSA) is 42.0 Å². The molecule has 1 atom stereocenters. The van der Waals surface area contributed by atoms with Crippen LogP contribution in [0.15, 0.2) is 72.8 Å². The van der Waals surface area contributed by atoms with Crippen LogP contribution in [0.1, 0.15) is 33.9 Å². The fourth-order valence-corrected chi connectivity index (χ4v) is 4.56. The third-order valence-electron chi connectivity index (χ3n) is 6.14. The Labute approximate surface area is 215 Å². The number of alkyl halides is 6. The molecule has 0 spiro atoms. The van der Waals surface area contributed by atoms with Gasteiger partial charge in [0.05, 0.1) is 36.5 Å². The van der Waals surface area contributed by atoms with Crippen molar-refractivity contribution in [1.82, 2.24) is 0 Å². The second-order valence-electron chi connectivity index (χ2n) is 8.76. The Morgan fingerprint density at radius 1 is 0.921 bits per heavy atom. The maximum absolute atomic E-state index is 13.3. The summed E-state index contributed by atoms with van der Waals surface area (Å²) in [6, 6.07) is 18.4. The molecule has 0 bridgehead atoms. The van der Waals surface area contributed by atoms with Crippen molar-refractivity contribution < 1.29 is 40.6 Å². The van der Waals surface area contributed by atoms with E-state index < -0.39 is 31.0 Å². The standard InChI is InChI=1S/C27H24F6N2O3/c1-37-25(36)20-8-5-7-19(15-20)24-17-34(16-18-6-4-9-21(14-18)38-27(31,32)33)22-10-2-3-11-23(22)35(24)13-12-26(28,29)30/h2-11,14-15,24H,12-13,16-17H2,1H3/t24-/m0/s1. The van der Waals surface area contributed by atoms with Gasteiger partial charge in [0.25, 0.3) is 0 Å². The minimum absolute atomic E-state index is 0.173. The van der Waals surface area contributed by atoms with Crippen LogP contribution in [0, 0.1) is 0 Å². The van der Waals surface area contributed by atoms with Crippen LogP contribution in [0.25, 0.3) is 0 Å². The van der Waals surface area contributed by atoms with Gasteiger partial charge < -0.3 is 19.3 Å². The van der Waals surface area contributed by atoms with Crippen LogP contribution in [0.2, 0.25) is 0 Å². The molecular weight excluding hydrogens is 514 g/mol. The van der Waals surface area contributed by atoms with Gasteiger partial charge in [-0.2, -0.15) is 13.2 Å². The molecule has 3 aromatic rings. The van der Waals surface area contributed by atoms with Gasteiger partial charge in [-0.05, 0) is 47.5 Å². The lowest BCUT2D eigenvalue weighted by molar-refractivity contribution is -0.274. The average Bonchev–Trinajstić information content (AvgIpc) is 2.86.